The molecular formula is C23H20Cl2N2O3S. The molecule has 160 valence electrons. The maximum atomic E-state index is 13.2. The van der Waals surface area contributed by atoms with Crippen molar-refractivity contribution in [3.63, 3.8) is 0 Å². The van der Waals surface area contributed by atoms with Gasteiger partial charge in [-0.3, -0.25) is 9.10 Å². The Hall–Kier alpha value is -2.54. The molecule has 0 saturated heterocycles. The van der Waals surface area contributed by atoms with Gasteiger partial charge in [-0.25, -0.2) is 8.42 Å². The lowest BCUT2D eigenvalue weighted by atomic mass is 10.0. The molecule has 8 heteroatoms. The third kappa shape index (κ3) is 4.42. The molecule has 0 unspecified atom stereocenters. The molecule has 0 aromatic heterocycles. The maximum absolute atomic E-state index is 13.2. The smallest absolute Gasteiger partial charge is 0.264 e. The highest BCUT2D eigenvalue weighted by atomic mass is 35.5. The van der Waals surface area contributed by atoms with Crippen LogP contribution in [-0.2, 0) is 16.4 Å². The van der Waals surface area contributed by atoms with E-state index in [0.29, 0.717) is 46.4 Å². The minimum absolute atomic E-state index is 0.183. The molecule has 0 fully saturated rings. The number of hydrogen-bond donors (Lipinski definition) is 1. The summed E-state index contributed by atoms with van der Waals surface area (Å²) in [5.74, 6) is -0.272. The average molecular weight is 475 g/mol. The fourth-order valence-electron chi connectivity index (χ4n) is 3.61. The number of sulfonamides is 1. The minimum atomic E-state index is -3.72. The van der Waals surface area contributed by atoms with Crippen LogP contribution in [0.2, 0.25) is 10.0 Å². The van der Waals surface area contributed by atoms with E-state index in [1.807, 2.05) is 13.0 Å². The SMILES string of the molecule is Cc1ccc(Cl)cc1NC(=O)c1ccc2c(c1)CCCN2S(=O)(=O)c1ccc(Cl)cc1. The quantitative estimate of drug-likeness (QED) is 0.527. The first-order valence-electron chi connectivity index (χ1n) is 9.74. The van der Waals surface area contributed by atoms with Gasteiger partial charge in [0.15, 0.2) is 0 Å². The first-order chi connectivity index (χ1) is 14.8. The zero-order valence-electron chi connectivity index (χ0n) is 16.7. The van der Waals surface area contributed by atoms with Crippen LogP contribution in [0.15, 0.2) is 65.6 Å². The van der Waals surface area contributed by atoms with Crippen molar-refractivity contribution in [3.05, 3.63) is 87.4 Å². The van der Waals surface area contributed by atoms with E-state index in [1.54, 1.807) is 42.5 Å². The third-order valence-electron chi connectivity index (χ3n) is 5.27. The number of carbonyl (C=O) groups is 1. The number of benzene rings is 3. The van der Waals surface area contributed by atoms with E-state index in [1.165, 1.54) is 16.4 Å². The predicted molar refractivity (Wildman–Crippen MR) is 125 cm³/mol. The Bertz CT molecular complexity index is 1260. The van der Waals surface area contributed by atoms with Gasteiger partial charge in [-0.15, -0.1) is 0 Å². The summed E-state index contributed by atoms with van der Waals surface area (Å²) >= 11 is 11.9. The Morgan fingerprint density at radius 2 is 1.68 bits per heavy atom. The molecule has 0 atom stereocenters. The predicted octanol–water partition coefficient (Wildman–Crippen LogP) is 5.70. The Morgan fingerprint density at radius 1 is 0.968 bits per heavy atom. The van der Waals surface area contributed by atoms with E-state index in [9.17, 15) is 13.2 Å². The van der Waals surface area contributed by atoms with E-state index in [2.05, 4.69) is 5.32 Å². The first kappa shape index (κ1) is 21.7. The standard InChI is InChI=1S/C23H20Cl2N2O3S/c1-15-4-6-19(25)14-21(15)26-23(28)17-5-11-22-16(13-17)3-2-12-27(22)31(29,30)20-9-7-18(24)8-10-20/h4-11,13-14H,2-3,12H2,1H3,(H,26,28). The number of fused-ring (bicyclic) bond motifs is 1. The van der Waals surface area contributed by atoms with Gasteiger partial charge in [0.05, 0.1) is 10.6 Å². The lowest BCUT2D eigenvalue weighted by Crippen LogP contribution is -2.35. The van der Waals surface area contributed by atoms with Gasteiger partial charge < -0.3 is 5.32 Å². The fourth-order valence-corrected chi connectivity index (χ4v) is 5.45. The number of rotatable bonds is 4. The lowest BCUT2D eigenvalue weighted by Gasteiger charge is -2.30. The third-order valence-corrected chi connectivity index (χ3v) is 7.58. The number of halogens is 2. The van der Waals surface area contributed by atoms with Crippen molar-refractivity contribution in [3.8, 4) is 0 Å². The summed E-state index contributed by atoms with van der Waals surface area (Å²) in [6.45, 7) is 2.27. The highest BCUT2D eigenvalue weighted by Gasteiger charge is 2.29. The van der Waals surface area contributed by atoms with Gasteiger partial charge in [0.1, 0.15) is 0 Å². The summed E-state index contributed by atoms with van der Waals surface area (Å²) in [5, 5.41) is 3.89. The second kappa shape index (κ2) is 8.54. The van der Waals surface area contributed by atoms with Crippen molar-refractivity contribution >= 4 is 50.5 Å². The summed E-state index contributed by atoms with van der Waals surface area (Å²) in [6.07, 6.45) is 1.36. The number of nitrogens with one attached hydrogen (secondary N) is 1. The largest absolute Gasteiger partial charge is 0.322 e. The van der Waals surface area contributed by atoms with E-state index < -0.39 is 10.0 Å². The van der Waals surface area contributed by atoms with Crippen LogP contribution in [0.1, 0.15) is 27.9 Å². The molecule has 4 rings (SSSR count). The highest BCUT2D eigenvalue weighted by Crippen LogP contribution is 2.33. The van der Waals surface area contributed by atoms with Crippen molar-refractivity contribution in [2.75, 3.05) is 16.2 Å². The second-order valence-electron chi connectivity index (χ2n) is 7.39. The molecule has 1 N–H and O–H groups in total. The number of aryl methyl sites for hydroxylation is 2. The molecule has 0 saturated carbocycles. The molecule has 1 amide bonds. The number of nitrogens with zero attached hydrogens (tertiary/aromatic N) is 1. The number of anilines is 2. The molecule has 31 heavy (non-hydrogen) atoms. The van der Waals surface area contributed by atoms with Crippen LogP contribution < -0.4 is 9.62 Å². The van der Waals surface area contributed by atoms with Crippen LogP contribution in [0, 0.1) is 6.92 Å². The van der Waals surface area contributed by atoms with Gasteiger partial charge in [-0.1, -0.05) is 29.3 Å². The average Bonchev–Trinajstić information content (AvgIpc) is 2.75. The molecule has 1 heterocycles. The summed E-state index contributed by atoms with van der Waals surface area (Å²) in [4.78, 5) is 13.0. The molecule has 1 aliphatic rings. The van der Waals surface area contributed by atoms with Gasteiger partial charge >= 0.3 is 0 Å². The van der Waals surface area contributed by atoms with Crippen molar-refractivity contribution in [2.24, 2.45) is 0 Å². The maximum Gasteiger partial charge on any atom is 0.264 e. The van der Waals surface area contributed by atoms with E-state index in [4.69, 9.17) is 23.2 Å². The van der Waals surface area contributed by atoms with Crippen LogP contribution >= 0.6 is 23.2 Å². The molecule has 0 bridgehead atoms. The minimum Gasteiger partial charge on any atom is -0.322 e. The molecule has 0 spiro atoms. The Morgan fingerprint density at radius 3 is 2.42 bits per heavy atom. The first-order valence-corrected chi connectivity index (χ1v) is 11.9. The van der Waals surface area contributed by atoms with Gasteiger partial charge in [0.25, 0.3) is 15.9 Å². The molecule has 3 aromatic carbocycles. The van der Waals surface area contributed by atoms with Crippen LogP contribution in [0.4, 0.5) is 11.4 Å². The zero-order valence-corrected chi connectivity index (χ0v) is 19.1. The van der Waals surface area contributed by atoms with Crippen molar-refractivity contribution < 1.29 is 13.2 Å². The van der Waals surface area contributed by atoms with Crippen LogP contribution in [0.3, 0.4) is 0 Å². The molecule has 0 aliphatic carbocycles. The van der Waals surface area contributed by atoms with Crippen LogP contribution in [0.25, 0.3) is 0 Å². The lowest BCUT2D eigenvalue weighted by molar-refractivity contribution is 0.102. The van der Waals surface area contributed by atoms with Crippen LogP contribution in [-0.4, -0.2) is 20.9 Å². The van der Waals surface area contributed by atoms with Crippen molar-refractivity contribution in [1.82, 2.24) is 0 Å². The van der Waals surface area contributed by atoms with Gasteiger partial charge in [-0.2, -0.15) is 0 Å². The van der Waals surface area contributed by atoms with E-state index in [-0.39, 0.29) is 10.8 Å². The summed E-state index contributed by atoms with van der Waals surface area (Å²) < 4.78 is 27.8. The number of carbonyl (C=O) groups excluding carboxylic acids is 1. The second-order valence-corrected chi connectivity index (χ2v) is 10.1. The Kier molecular flexibility index (Phi) is 5.97. The molecule has 3 aromatic rings. The zero-order chi connectivity index (χ0) is 22.2. The highest BCUT2D eigenvalue weighted by molar-refractivity contribution is 7.92. The van der Waals surface area contributed by atoms with E-state index >= 15 is 0 Å². The summed E-state index contributed by atoms with van der Waals surface area (Å²) in [7, 11) is -3.72. The number of hydrogen-bond acceptors (Lipinski definition) is 3. The van der Waals surface area contributed by atoms with Crippen molar-refractivity contribution in [2.45, 2.75) is 24.7 Å². The van der Waals surface area contributed by atoms with Crippen molar-refractivity contribution in [1.29, 1.82) is 0 Å². The van der Waals surface area contributed by atoms with Gasteiger partial charge in [0.2, 0.25) is 0 Å². The molecular weight excluding hydrogens is 455 g/mol. The van der Waals surface area contributed by atoms with Gasteiger partial charge in [-0.05, 0) is 85.5 Å². The van der Waals surface area contributed by atoms with Crippen LogP contribution in [0.5, 0.6) is 0 Å². The van der Waals surface area contributed by atoms with E-state index in [0.717, 1.165) is 11.1 Å². The molecule has 1 aliphatic heterocycles. The topological polar surface area (TPSA) is 66.5 Å². The van der Waals surface area contributed by atoms with Gasteiger partial charge in [0, 0.05) is 27.8 Å². The molecule has 0 radical (unpaired) electrons. The fraction of sp³-hybridized carbons (Fsp3) is 0.174. The molecule has 5 nitrogen and oxygen atoms in total. The Balaban J connectivity index is 1.63. The Labute approximate surface area is 191 Å². The normalized spacial score (nSPS) is 13.6. The summed E-state index contributed by atoms with van der Waals surface area (Å²) in [6, 6.07) is 16.5. The monoisotopic (exact) mass is 474 g/mol. The number of amides is 1. The summed E-state index contributed by atoms with van der Waals surface area (Å²) in [5.41, 5.74) is 3.41.